The van der Waals surface area contributed by atoms with E-state index < -0.39 is 5.24 Å². The molecule has 0 amide bonds. The minimum absolute atomic E-state index is 0.00463. The summed E-state index contributed by atoms with van der Waals surface area (Å²) < 4.78 is -0.173. The van der Waals surface area contributed by atoms with Crippen LogP contribution in [0, 0.1) is 0 Å². The molecule has 3 aromatic rings. The van der Waals surface area contributed by atoms with Gasteiger partial charge in [-0.05, 0) is 44.1 Å². The molecule has 1 atom stereocenters. The van der Waals surface area contributed by atoms with Crippen molar-refractivity contribution < 1.29 is 0 Å². The molecule has 1 heterocycles. The van der Waals surface area contributed by atoms with Gasteiger partial charge in [-0.25, -0.2) is 0 Å². The molecule has 0 radical (unpaired) electrons. The third kappa shape index (κ3) is 4.25. The number of rotatable bonds is 3. The standard InChI is InChI=1S/C31H39PS2/c1-28(2,3)24-20-25(29(4,5)6)27(26(21-24)30(7,8)9)32(33)31(34-32,22-16-12-10-13-17-22)23-18-14-11-15-19-23/h10-21H,1-9H3/t32-/m0/s1. The van der Waals surface area contributed by atoms with E-state index in [1.54, 1.807) is 0 Å². The van der Waals surface area contributed by atoms with Gasteiger partial charge in [0.2, 0.25) is 0 Å². The van der Waals surface area contributed by atoms with Gasteiger partial charge in [0.15, 0.2) is 0 Å². The molecule has 0 N–H and O–H groups in total. The molecule has 0 bridgehead atoms. The van der Waals surface area contributed by atoms with Gasteiger partial charge in [0.25, 0.3) is 0 Å². The third-order valence-electron chi connectivity index (χ3n) is 6.86. The first-order valence-electron chi connectivity index (χ1n) is 12.2. The molecule has 180 valence electrons. The molecule has 0 aromatic heterocycles. The third-order valence-corrected chi connectivity index (χ3v) is 15.8. The second-order valence-corrected chi connectivity index (χ2v) is 20.5. The molecule has 1 aliphatic heterocycles. The predicted molar refractivity (Wildman–Crippen MR) is 158 cm³/mol. The molecule has 0 unspecified atom stereocenters. The molecule has 3 aromatic carbocycles. The highest BCUT2D eigenvalue weighted by molar-refractivity contribution is 8.87. The van der Waals surface area contributed by atoms with Crippen LogP contribution >= 0.6 is 16.6 Å². The molecule has 1 fully saturated rings. The molecule has 0 aliphatic carbocycles. The fourth-order valence-corrected chi connectivity index (χ4v) is 15.3. The highest BCUT2D eigenvalue weighted by Gasteiger charge is 2.66. The SMILES string of the molecule is CC(C)(C)c1cc(C(C)(C)C)c([P@]2(=S)SC2(c2ccccc2)c2ccccc2)c(C(C)(C)C)c1. The van der Waals surface area contributed by atoms with Crippen molar-refractivity contribution in [2.75, 3.05) is 0 Å². The Hall–Kier alpha value is -1.34. The topological polar surface area (TPSA) is 0 Å². The van der Waals surface area contributed by atoms with Crippen LogP contribution in [0.15, 0.2) is 72.8 Å². The minimum atomic E-state index is -2.04. The smallest absolute Gasteiger partial charge is 0.0942 e. The summed E-state index contributed by atoms with van der Waals surface area (Å²) in [6.45, 7) is 21.1. The first-order chi connectivity index (χ1) is 15.6. The van der Waals surface area contributed by atoms with Crippen molar-refractivity contribution in [2.45, 2.75) is 83.0 Å². The number of benzene rings is 3. The molecule has 4 rings (SSSR count). The van der Waals surface area contributed by atoms with Crippen LogP contribution in [0.1, 0.15) is 90.1 Å². The van der Waals surface area contributed by atoms with Crippen molar-refractivity contribution in [2.24, 2.45) is 0 Å². The molecule has 0 saturated carbocycles. The van der Waals surface area contributed by atoms with Gasteiger partial charge in [0.05, 0.1) is 5.24 Å². The normalized spacial score (nSPS) is 20.3. The fraction of sp³-hybridized carbons (Fsp3) is 0.419. The second kappa shape index (κ2) is 8.36. The zero-order chi connectivity index (χ0) is 25.2. The van der Waals surface area contributed by atoms with Gasteiger partial charge >= 0.3 is 0 Å². The first-order valence-corrected chi connectivity index (χ1v) is 16.5. The van der Waals surface area contributed by atoms with Gasteiger partial charge in [-0.1, -0.05) is 158 Å². The zero-order valence-electron chi connectivity index (χ0n) is 22.2. The van der Waals surface area contributed by atoms with Gasteiger partial charge < -0.3 is 0 Å². The van der Waals surface area contributed by atoms with Crippen molar-refractivity contribution in [3.63, 3.8) is 0 Å². The number of hydrogen-bond donors (Lipinski definition) is 0. The summed E-state index contributed by atoms with van der Waals surface area (Å²) in [6.07, 6.45) is 0. The van der Waals surface area contributed by atoms with E-state index in [9.17, 15) is 0 Å². The monoisotopic (exact) mass is 506 g/mol. The van der Waals surface area contributed by atoms with Crippen LogP contribution in [0.5, 0.6) is 0 Å². The van der Waals surface area contributed by atoms with Crippen molar-refractivity contribution in [3.05, 3.63) is 101 Å². The molecule has 1 saturated heterocycles. The van der Waals surface area contributed by atoms with Crippen LogP contribution in [0.3, 0.4) is 0 Å². The van der Waals surface area contributed by atoms with E-state index in [0.717, 1.165) is 0 Å². The lowest BCUT2D eigenvalue weighted by atomic mass is 9.75. The Balaban J connectivity index is 2.11. The predicted octanol–water partition coefficient (Wildman–Crippen LogP) is 9.25. The number of hydrogen-bond acceptors (Lipinski definition) is 2. The maximum atomic E-state index is 6.88. The molecule has 0 spiro atoms. The van der Waals surface area contributed by atoms with Crippen LogP contribution in [0.4, 0.5) is 0 Å². The van der Waals surface area contributed by atoms with E-state index in [1.165, 1.54) is 33.1 Å². The highest BCUT2D eigenvalue weighted by atomic mass is 33.0. The van der Waals surface area contributed by atoms with Crippen molar-refractivity contribution >= 4 is 33.7 Å². The Morgan fingerprint density at radius 3 is 1.32 bits per heavy atom. The lowest BCUT2D eigenvalue weighted by molar-refractivity contribution is 0.553. The summed E-state index contributed by atoms with van der Waals surface area (Å²) in [4.78, 5) is 0. The molecule has 1 aliphatic rings. The molecule has 0 nitrogen and oxygen atoms in total. The maximum Gasteiger partial charge on any atom is 0.112 e. The van der Waals surface area contributed by atoms with E-state index >= 15 is 0 Å². The Kier molecular flexibility index (Phi) is 6.33. The zero-order valence-corrected chi connectivity index (χ0v) is 24.7. The molecular weight excluding hydrogens is 467 g/mol. The fourth-order valence-electron chi connectivity index (χ4n) is 4.84. The van der Waals surface area contributed by atoms with E-state index in [1.807, 2.05) is 11.4 Å². The lowest BCUT2D eigenvalue weighted by Crippen LogP contribution is -2.32. The summed E-state index contributed by atoms with van der Waals surface area (Å²) in [5.74, 6) is 0. The molecular formula is C31H39PS2. The highest BCUT2D eigenvalue weighted by Crippen LogP contribution is 2.98. The van der Waals surface area contributed by atoms with E-state index in [-0.39, 0.29) is 20.7 Å². The Morgan fingerprint density at radius 1 is 0.618 bits per heavy atom. The Labute approximate surface area is 216 Å². The summed E-state index contributed by atoms with van der Waals surface area (Å²) in [5.41, 5.74) is 7.06. The van der Waals surface area contributed by atoms with E-state index in [2.05, 4.69) is 135 Å². The van der Waals surface area contributed by atoms with Crippen molar-refractivity contribution in [3.8, 4) is 0 Å². The summed E-state index contributed by atoms with van der Waals surface area (Å²) in [5, 5.41) is -0.577. The quantitative estimate of drug-likeness (QED) is 0.256. The average Bonchev–Trinajstić information content (AvgIpc) is 3.40. The van der Waals surface area contributed by atoms with Gasteiger partial charge in [0.1, 0.15) is 4.49 Å². The van der Waals surface area contributed by atoms with Crippen LogP contribution in [-0.2, 0) is 32.5 Å². The van der Waals surface area contributed by atoms with Crippen molar-refractivity contribution in [1.82, 2.24) is 0 Å². The van der Waals surface area contributed by atoms with Crippen LogP contribution in [0.25, 0.3) is 0 Å². The molecule has 34 heavy (non-hydrogen) atoms. The summed E-state index contributed by atoms with van der Waals surface area (Å²) in [6, 6.07) is 27.0. The maximum absolute atomic E-state index is 6.88. The minimum Gasteiger partial charge on any atom is -0.0942 e. The van der Waals surface area contributed by atoms with E-state index in [0.29, 0.717) is 0 Å². The van der Waals surface area contributed by atoms with Crippen molar-refractivity contribution in [1.29, 1.82) is 0 Å². The molecule has 3 heteroatoms. The van der Waals surface area contributed by atoms with E-state index in [4.69, 9.17) is 11.8 Å². The largest absolute Gasteiger partial charge is 0.112 e. The Bertz CT molecular complexity index is 1160. The summed E-state index contributed by atoms with van der Waals surface area (Å²) >= 11 is 8.93. The second-order valence-electron chi connectivity index (χ2n) is 12.7. The summed E-state index contributed by atoms with van der Waals surface area (Å²) in [7, 11) is 0. The van der Waals surface area contributed by atoms with Gasteiger partial charge in [0, 0.05) is 5.30 Å². The van der Waals surface area contributed by atoms with Crippen LogP contribution in [0.2, 0.25) is 0 Å². The van der Waals surface area contributed by atoms with Crippen LogP contribution in [-0.4, -0.2) is 0 Å². The van der Waals surface area contributed by atoms with Gasteiger partial charge in [-0.2, -0.15) is 0 Å². The average molecular weight is 507 g/mol. The van der Waals surface area contributed by atoms with Gasteiger partial charge in [-0.3, -0.25) is 0 Å². The van der Waals surface area contributed by atoms with Crippen LogP contribution < -0.4 is 5.30 Å². The first kappa shape index (κ1) is 25.7. The van der Waals surface area contributed by atoms with Gasteiger partial charge in [-0.15, -0.1) is 0 Å². The Morgan fingerprint density at radius 2 is 1.00 bits per heavy atom. The lowest BCUT2D eigenvalue weighted by Gasteiger charge is -2.35.